The van der Waals surface area contributed by atoms with Crippen LogP contribution in [-0.2, 0) is 16.1 Å². The van der Waals surface area contributed by atoms with E-state index in [0.717, 1.165) is 10.9 Å². The predicted molar refractivity (Wildman–Crippen MR) is 99.7 cm³/mol. The molecule has 0 atom stereocenters. The molecule has 140 valence electrons. The third kappa shape index (κ3) is 3.95. The molecule has 0 aliphatic heterocycles. The van der Waals surface area contributed by atoms with Crippen LogP contribution >= 0.6 is 11.6 Å². The highest BCUT2D eigenvalue weighted by Crippen LogP contribution is 2.29. The lowest BCUT2D eigenvalue weighted by molar-refractivity contribution is -0.132. The Bertz CT molecular complexity index is 1030. The maximum atomic E-state index is 14.1. The van der Waals surface area contributed by atoms with Crippen LogP contribution in [-0.4, -0.2) is 23.1 Å². The van der Waals surface area contributed by atoms with Crippen molar-refractivity contribution in [1.29, 1.82) is 0 Å². The molecule has 3 rings (SSSR count). The van der Waals surface area contributed by atoms with Crippen molar-refractivity contribution < 1.29 is 23.5 Å². The van der Waals surface area contributed by atoms with Crippen LogP contribution in [0.4, 0.5) is 4.39 Å². The molecule has 0 saturated heterocycles. The van der Waals surface area contributed by atoms with Gasteiger partial charge in [0, 0.05) is 24.4 Å². The summed E-state index contributed by atoms with van der Waals surface area (Å²) < 4.78 is 25.9. The van der Waals surface area contributed by atoms with Gasteiger partial charge in [0.25, 0.3) is 0 Å². The van der Waals surface area contributed by atoms with Crippen LogP contribution in [0.3, 0.4) is 0 Å². The Morgan fingerprint density at radius 3 is 2.63 bits per heavy atom. The lowest BCUT2D eigenvalue weighted by Gasteiger charge is -2.12. The number of hydrogen-bond acceptors (Lipinski definition) is 4. The summed E-state index contributed by atoms with van der Waals surface area (Å²) in [5.74, 6) is -2.17. The van der Waals surface area contributed by atoms with Crippen molar-refractivity contribution in [2.75, 3.05) is 6.61 Å². The van der Waals surface area contributed by atoms with Gasteiger partial charge in [-0.2, -0.15) is 0 Å². The van der Waals surface area contributed by atoms with Crippen molar-refractivity contribution >= 4 is 34.4 Å². The molecule has 1 aromatic heterocycles. The molecule has 7 heteroatoms. The van der Waals surface area contributed by atoms with Gasteiger partial charge < -0.3 is 14.0 Å². The Hall–Kier alpha value is -2.86. The number of aromatic nitrogens is 1. The molecule has 0 fully saturated rings. The Morgan fingerprint density at radius 2 is 1.93 bits per heavy atom. The van der Waals surface area contributed by atoms with Crippen molar-refractivity contribution in [3.8, 4) is 5.75 Å². The van der Waals surface area contributed by atoms with E-state index in [1.165, 1.54) is 19.1 Å². The van der Waals surface area contributed by atoms with Gasteiger partial charge >= 0.3 is 11.9 Å². The largest absolute Gasteiger partial charge is 0.461 e. The number of ether oxygens (including phenoxy) is 2. The summed E-state index contributed by atoms with van der Waals surface area (Å²) >= 11 is 5.95. The van der Waals surface area contributed by atoms with Gasteiger partial charge in [0.15, 0.2) is 11.6 Å². The van der Waals surface area contributed by atoms with Crippen molar-refractivity contribution in [2.24, 2.45) is 0 Å². The molecule has 27 heavy (non-hydrogen) atoms. The SMILES string of the molecule is CCOC(=O)c1cc2ccccc2n1Cc1cc(Cl)c(F)c(OC(C)=O)c1. The first-order chi connectivity index (χ1) is 12.9. The summed E-state index contributed by atoms with van der Waals surface area (Å²) in [5.41, 5.74) is 1.76. The van der Waals surface area contributed by atoms with Crippen LogP contribution in [0.1, 0.15) is 29.9 Å². The van der Waals surface area contributed by atoms with Gasteiger partial charge in [-0.05, 0) is 36.8 Å². The number of para-hydroxylation sites is 1. The molecule has 0 aliphatic rings. The highest BCUT2D eigenvalue weighted by Gasteiger charge is 2.18. The van der Waals surface area contributed by atoms with Crippen molar-refractivity contribution in [1.82, 2.24) is 4.57 Å². The van der Waals surface area contributed by atoms with E-state index in [2.05, 4.69) is 0 Å². The van der Waals surface area contributed by atoms with Gasteiger partial charge in [0.05, 0.1) is 11.6 Å². The van der Waals surface area contributed by atoms with Crippen LogP contribution in [0, 0.1) is 5.82 Å². The highest BCUT2D eigenvalue weighted by atomic mass is 35.5. The molecular weight excluding hydrogens is 373 g/mol. The number of rotatable bonds is 5. The molecule has 1 heterocycles. The fourth-order valence-electron chi connectivity index (χ4n) is 2.88. The molecule has 0 unspecified atom stereocenters. The van der Waals surface area contributed by atoms with E-state index in [1.807, 2.05) is 24.3 Å². The summed E-state index contributed by atoms with van der Waals surface area (Å²) in [6.07, 6.45) is 0. The van der Waals surface area contributed by atoms with Gasteiger partial charge in [-0.25, -0.2) is 9.18 Å². The van der Waals surface area contributed by atoms with E-state index < -0.39 is 17.8 Å². The third-order valence-corrected chi connectivity index (χ3v) is 4.22. The van der Waals surface area contributed by atoms with E-state index in [9.17, 15) is 14.0 Å². The number of fused-ring (bicyclic) bond motifs is 1. The van der Waals surface area contributed by atoms with Gasteiger partial charge in [0.2, 0.25) is 0 Å². The molecule has 0 radical (unpaired) electrons. The Balaban J connectivity index is 2.08. The van der Waals surface area contributed by atoms with Crippen molar-refractivity contribution in [2.45, 2.75) is 20.4 Å². The molecule has 0 saturated carbocycles. The second kappa shape index (κ2) is 7.80. The number of hydrogen-bond donors (Lipinski definition) is 0. The van der Waals surface area contributed by atoms with E-state index in [-0.39, 0.29) is 23.9 Å². The maximum Gasteiger partial charge on any atom is 0.354 e. The van der Waals surface area contributed by atoms with Crippen LogP contribution in [0.2, 0.25) is 5.02 Å². The number of carbonyl (C=O) groups excluding carboxylic acids is 2. The number of esters is 2. The standard InChI is InChI=1S/C20H17ClFNO4/c1-3-26-20(25)17-10-14-6-4-5-7-16(14)23(17)11-13-8-15(21)19(22)18(9-13)27-12(2)24/h4-10H,3,11H2,1-2H3. The van der Waals surface area contributed by atoms with Crippen LogP contribution < -0.4 is 4.74 Å². The third-order valence-electron chi connectivity index (χ3n) is 3.94. The van der Waals surface area contributed by atoms with Crippen LogP contribution in [0.5, 0.6) is 5.75 Å². The summed E-state index contributed by atoms with van der Waals surface area (Å²) in [6.45, 7) is 3.38. The molecule has 0 spiro atoms. The summed E-state index contributed by atoms with van der Waals surface area (Å²) in [5, 5.41) is 0.701. The zero-order chi connectivity index (χ0) is 19.6. The minimum atomic E-state index is -0.807. The predicted octanol–water partition coefficient (Wildman–Crippen LogP) is 4.58. The topological polar surface area (TPSA) is 57.5 Å². The smallest absolute Gasteiger partial charge is 0.354 e. The normalized spacial score (nSPS) is 10.8. The van der Waals surface area contributed by atoms with Gasteiger partial charge in [0.1, 0.15) is 5.69 Å². The van der Waals surface area contributed by atoms with Crippen molar-refractivity contribution in [3.05, 3.63) is 64.6 Å². The number of halogens is 2. The number of carbonyl (C=O) groups is 2. The van der Waals surface area contributed by atoms with E-state index in [0.29, 0.717) is 11.3 Å². The molecular formula is C20H17ClFNO4. The zero-order valence-electron chi connectivity index (χ0n) is 14.8. The molecule has 0 N–H and O–H groups in total. The number of nitrogens with zero attached hydrogens (tertiary/aromatic N) is 1. The molecule has 5 nitrogen and oxygen atoms in total. The molecule has 0 bridgehead atoms. The lowest BCUT2D eigenvalue weighted by Crippen LogP contribution is -2.13. The zero-order valence-corrected chi connectivity index (χ0v) is 15.5. The second-order valence-corrected chi connectivity index (χ2v) is 6.29. The highest BCUT2D eigenvalue weighted by molar-refractivity contribution is 6.31. The second-order valence-electron chi connectivity index (χ2n) is 5.88. The summed E-state index contributed by atoms with van der Waals surface area (Å²) in [7, 11) is 0. The van der Waals surface area contributed by atoms with Crippen molar-refractivity contribution in [3.63, 3.8) is 0 Å². The van der Waals surface area contributed by atoms with E-state index >= 15 is 0 Å². The molecule has 0 amide bonds. The first kappa shape index (κ1) is 18.9. The van der Waals surface area contributed by atoms with Gasteiger partial charge in [-0.15, -0.1) is 0 Å². The van der Waals surface area contributed by atoms with E-state index in [1.54, 1.807) is 17.6 Å². The van der Waals surface area contributed by atoms with Gasteiger partial charge in [-0.3, -0.25) is 4.79 Å². The molecule has 2 aromatic carbocycles. The first-order valence-electron chi connectivity index (χ1n) is 8.32. The fourth-order valence-corrected chi connectivity index (χ4v) is 3.11. The minimum absolute atomic E-state index is 0.169. The monoisotopic (exact) mass is 389 g/mol. The molecule has 0 aliphatic carbocycles. The van der Waals surface area contributed by atoms with Gasteiger partial charge in [-0.1, -0.05) is 29.8 Å². The minimum Gasteiger partial charge on any atom is -0.461 e. The van der Waals surface area contributed by atoms with Crippen LogP contribution in [0.15, 0.2) is 42.5 Å². The average molecular weight is 390 g/mol. The summed E-state index contributed by atoms with van der Waals surface area (Å²) in [6, 6.07) is 12.1. The summed E-state index contributed by atoms with van der Waals surface area (Å²) in [4.78, 5) is 23.6. The number of benzene rings is 2. The Kier molecular flexibility index (Phi) is 5.46. The van der Waals surface area contributed by atoms with Crippen LogP contribution in [0.25, 0.3) is 10.9 Å². The van der Waals surface area contributed by atoms with E-state index in [4.69, 9.17) is 21.1 Å². The maximum absolute atomic E-state index is 14.1. The first-order valence-corrected chi connectivity index (χ1v) is 8.70. The lowest BCUT2D eigenvalue weighted by atomic mass is 10.2. The quantitative estimate of drug-likeness (QED) is 0.473. The molecule has 3 aromatic rings. The Labute approximate surface area is 160 Å². The average Bonchev–Trinajstić information content (AvgIpc) is 2.98. The fraction of sp³-hybridized carbons (Fsp3) is 0.200. The Morgan fingerprint density at radius 1 is 1.19 bits per heavy atom.